The van der Waals surface area contributed by atoms with Gasteiger partial charge in [-0.1, -0.05) is 27.5 Å². The largest absolute Gasteiger partial charge is 0.378 e. The first-order valence-electron chi connectivity index (χ1n) is 5.61. The highest BCUT2D eigenvalue weighted by Gasteiger charge is 2.08. The fourth-order valence-corrected chi connectivity index (χ4v) is 2.23. The zero-order chi connectivity index (χ0) is 14.0. The lowest BCUT2D eigenvalue weighted by Crippen LogP contribution is -2.03. The second-order valence-electron chi connectivity index (χ2n) is 4.17. The van der Waals surface area contributed by atoms with E-state index in [-0.39, 0.29) is 11.3 Å². The molecule has 1 N–H and O–H groups in total. The summed E-state index contributed by atoms with van der Waals surface area (Å²) in [6.45, 7) is 1.87. The molecule has 0 aromatic heterocycles. The average molecular weight is 347 g/mol. The van der Waals surface area contributed by atoms with Crippen molar-refractivity contribution in [2.24, 2.45) is 0 Å². The van der Waals surface area contributed by atoms with Crippen LogP contribution >= 0.6 is 27.5 Å². The molecule has 0 saturated carbocycles. The van der Waals surface area contributed by atoms with Gasteiger partial charge in [-0.25, -0.2) is 8.78 Å². The third-order valence-electron chi connectivity index (χ3n) is 2.73. The third-order valence-corrected chi connectivity index (χ3v) is 3.73. The molecule has 0 spiro atoms. The standard InChI is InChI=1S/C14H11BrClF2N/c1-8-4-13(18)14(6-12(8)17)19-7-9-5-10(16)2-3-11(9)15/h2-6,19H,7H2,1H3. The monoisotopic (exact) mass is 345 g/mol. The molecule has 0 amide bonds. The van der Waals surface area contributed by atoms with E-state index in [1.54, 1.807) is 12.1 Å². The average Bonchev–Trinajstić information content (AvgIpc) is 2.36. The van der Waals surface area contributed by atoms with Crippen LogP contribution in [0.15, 0.2) is 34.8 Å². The molecule has 0 heterocycles. The lowest BCUT2D eigenvalue weighted by Gasteiger charge is -2.10. The van der Waals surface area contributed by atoms with Crippen LogP contribution in [0.3, 0.4) is 0 Å². The highest BCUT2D eigenvalue weighted by molar-refractivity contribution is 9.10. The third kappa shape index (κ3) is 3.45. The zero-order valence-corrected chi connectivity index (χ0v) is 12.4. The molecule has 0 bridgehead atoms. The van der Waals surface area contributed by atoms with E-state index in [9.17, 15) is 8.78 Å². The van der Waals surface area contributed by atoms with Crippen molar-refractivity contribution < 1.29 is 8.78 Å². The van der Waals surface area contributed by atoms with Crippen molar-refractivity contribution in [2.45, 2.75) is 13.5 Å². The molecule has 0 saturated heterocycles. The number of hydrogen-bond donors (Lipinski definition) is 1. The molecule has 0 aliphatic heterocycles. The Balaban J connectivity index is 2.19. The Hall–Kier alpha value is -1.13. The molecule has 2 rings (SSSR count). The van der Waals surface area contributed by atoms with Gasteiger partial charge in [0.1, 0.15) is 11.6 Å². The Kier molecular flexibility index (Phi) is 4.42. The van der Waals surface area contributed by atoms with Crippen molar-refractivity contribution in [2.75, 3.05) is 5.32 Å². The van der Waals surface area contributed by atoms with Gasteiger partial charge < -0.3 is 5.32 Å². The summed E-state index contributed by atoms with van der Waals surface area (Å²) in [5, 5.41) is 3.45. The van der Waals surface area contributed by atoms with Gasteiger partial charge in [0.15, 0.2) is 0 Å². The molecule has 2 aromatic carbocycles. The summed E-state index contributed by atoms with van der Waals surface area (Å²) in [6.07, 6.45) is 0. The smallest absolute Gasteiger partial charge is 0.146 e. The Labute approximate surface area is 123 Å². The van der Waals surface area contributed by atoms with Crippen LogP contribution in [0.2, 0.25) is 5.02 Å². The first kappa shape index (κ1) is 14.3. The number of halogens is 4. The van der Waals surface area contributed by atoms with Gasteiger partial charge in [0.2, 0.25) is 0 Å². The van der Waals surface area contributed by atoms with Crippen molar-refractivity contribution in [3.8, 4) is 0 Å². The summed E-state index contributed by atoms with van der Waals surface area (Å²) < 4.78 is 27.9. The van der Waals surface area contributed by atoms with Gasteiger partial charge in [-0.2, -0.15) is 0 Å². The summed E-state index contributed by atoms with van der Waals surface area (Å²) in [7, 11) is 0. The lowest BCUT2D eigenvalue weighted by atomic mass is 10.2. The summed E-state index contributed by atoms with van der Waals surface area (Å²) in [5.41, 5.74) is 1.29. The summed E-state index contributed by atoms with van der Waals surface area (Å²) in [4.78, 5) is 0. The minimum absolute atomic E-state index is 0.134. The topological polar surface area (TPSA) is 12.0 Å². The highest BCUT2D eigenvalue weighted by Crippen LogP contribution is 2.24. The van der Waals surface area contributed by atoms with Crippen LogP contribution in [-0.4, -0.2) is 0 Å². The summed E-state index contributed by atoms with van der Waals surface area (Å²) in [6, 6.07) is 7.65. The van der Waals surface area contributed by atoms with E-state index in [1.807, 2.05) is 6.07 Å². The summed E-state index contributed by atoms with van der Waals surface area (Å²) in [5.74, 6) is -0.911. The molecular formula is C14H11BrClF2N. The lowest BCUT2D eigenvalue weighted by molar-refractivity contribution is 0.594. The van der Waals surface area contributed by atoms with Gasteiger partial charge >= 0.3 is 0 Å². The van der Waals surface area contributed by atoms with Crippen LogP contribution in [0.5, 0.6) is 0 Å². The minimum atomic E-state index is -0.475. The fourth-order valence-electron chi connectivity index (χ4n) is 1.65. The zero-order valence-electron chi connectivity index (χ0n) is 10.1. The number of rotatable bonds is 3. The Morgan fingerprint density at radius 2 is 1.89 bits per heavy atom. The molecule has 0 unspecified atom stereocenters. The predicted molar refractivity (Wildman–Crippen MR) is 77.6 cm³/mol. The number of aryl methyl sites for hydroxylation is 1. The van der Waals surface area contributed by atoms with E-state index < -0.39 is 11.6 Å². The molecular weight excluding hydrogens is 336 g/mol. The van der Waals surface area contributed by atoms with Gasteiger partial charge in [0.25, 0.3) is 0 Å². The quantitative estimate of drug-likeness (QED) is 0.795. The normalized spacial score (nSPS) is 10.6. The number of benzene rings is 2. The molecule has 100 valence electrons. The maximum atomic E-state index is 13.6. The van der Waals surface area contributed by atoms with Crippen molar-refractivity contribution in [3.05, 3.63) is 62.6 Å². The van der Waals surface area contributed by atoms with Crippen molar-refractivity contribution >= 4 is 33.2 Å². The van der Waals surface area contributed by atoms with Gasteiger partial charge in [-0.05, 0) is 42.3 Å². The van der Waals surface area contributed by atoms with E-state index in [0.717, 1.165) is 16.1 Å². The van der Waals surface area contributed by atoms with Crippen molar-refractivity contribution in [1.29, 1.82) is 0 Å². The van der Waals surface area contributed by atoms with Crippen LogP contribution in [0.4, 0.5) is 14.5 Å². The van der Waals surface area contributed by atoms with Gasteiger partial charge in [-0.15, -0.1) is 0 Å². The number of nitrogens with one attached hydrogen (secondary N) is 1. The minimum Gasteiger partial charge on any atom is -0.378 e. The van der Waals surface area contributed by atoms with Crippen molar-refractivity contribution in [1.82, 2.24) is 0 Å². The van der Waals surface area contributed by atoms with Gasteiger partial charge in [0.05, 0.1) is 5.69 Å². The Morgan fingerprint density at radius 3 is 2.63 bits per heavy atom. The van der Waals surface area contributed by atoms with Crippen LogP contribution in [-0.2, 0) is 6.54 Å². The number of hydrogen-bond acceptors (Lipinski definition) is 1. The second kappa shape index (κ2) is 5.88. The van der Waals surface area contributed by atoms with E-state index >= 15 is 0 Å². The molecule has 0 aliphatic carbocycles. The Morgan fingerprint density at radius 1 is 1.16 bits per heavy atom. The predicted octanol–water partition coefficient (Wildman–Crippen LogP) is 5.30. The summed E-state index contributed by atoms with van der Waals surface area (Å²) >= 11 is 9.28. The molecule has 2 aromatic rings. The second-order valence-corrected chi connectivity index (χ2v) is 5.46. The molecule has 5 heteroatoms. The molecule has 0 atom stereocenters. The SMILES string of the molecule is Cc1cc(F)c(NCc2cc(Cl)ccc2Br)cc1F. The van der Waals surface area contributed by atoms with Crippen LogP contribution in [0, 0.1) is 18.6 Å². The van der Waals surface area contributed by atoms with Crippen LogP contribution < -0.4 is 5.32 Å². The van der Waals surface area contributed by atoms with Gasteiger partial charge in [-0.3, -0.25) is 0 Å². The first-order chi connectivity index (χ1) is 8.97. The van der Waals surface area contributed by atoms with Crippen LogP contribution in [0.1, 0.15) is 11.1 Å². The van der Waals surface area contributed by atoms with E-state index in [0.29, 0.717) is 11.6 Å². The van der Waals surface area contributed by atoms with E-state index in [4.69, 9.17) is 11.6 Å². The highest BCUT2D eigenvalue weighted by atomic mass is 79.9. The Bertz CT molecular complexity index is 617. The molecule has 1 nitrogen and oxygen atoms in total. The molecule has 0 aliphatic rings. The maximum Gasteiger partial charge on any atom is 0.146 e. The van der Waals surface area contributed by atoms with Crippen molar-refractivity contribution in [3.63, 3.8) is 0 Å². The first-order valence-corrected chi connectivity index (χ1v) is 6.78. The van der Waals surface area contributed by atoms with Crippen LogP contribution in [0.25, 0.3) is 0 Å². The van der Waals surface area contributed by atoms with E-state index in [1.165, 1.54) is 13.0 Å². The number of anilines is 1. The molecule has 19 heavy (non-hydrogen) atoms. The maximum absolute atomic E-state index is 13.6. The van der Waals surface area contributed by atoms with E-state index in [2.05, 4.69) is 21.2 Å². The molecule has 0 fully saturated rings. The fraction of sp³-hybridized carbons (Fsp3) is 0.143. The molecule has 0 radical (unpaired) electrons. The van der Waals surface area contributed by atoms with Gasteiger partial charge in [0, 0.05) is 22.1 Å².